The maximum Gasteiger partial charge on any atom is 0.254 e. The van der Waals surface area contributed by atoms with E-state index in [1.54, 1.807) is 7.11 Å². The van der Waals surface area contributed by atoms with Crippen LogP contribution in [0.3, 0.4) is 0 Å². The van der Waals surface area contributed by atoms with Gasteiger partial charge in [-0.15, -0.1) is 0 Å². The topological polar surface area (TPSA) is 106 Å². The third-order valence-corrected chi connectivity index (χ3v) is 9.83. The van der Waals surface area contributed by atoms with Gasteiger partial charge in [0.2, 0.25) is 5.91 Å². The quantitative estimate of drug-likeness (QED) is 0.318. The first-order valence-electron chi connectivity index (χ1n) is 16.4. The van der Waals surface area contributed by atoms with E-state index in [0.717, 1.165) is 95.5 Å². The van der Waals surface area contributed by atoms with Gasteiger partial charge in [-0.2, -0.15) is 0 Å². The lowest BCUT2D eigenvalue weighted by Crippen LogP contribution is -2.47. The van der Waals surface area contributed by atoms with Crippen LogP contribution in [-0.4, -0.2) is 75.7 Å². The lowest BCUT2D eigenvalue weighted by molar-refractivity contribution is -0.130. The Kier molecular flexibility index (Phi) is 8.72. The van der Waals surface area contributed by atoms with Gasteiger partial charge >= 0.3 is 0 Å². The minimum Gasteiger partial charge on any atom is -0.383 e. The van der Waals surface area contributed by atoms with Gasteiger partial charge in [0.15, 0.2) is 5.82 Å². The van der Waals surface area contributed by atoms with E-state index in [-0.39, 0.29) is 23.9 Å². The van der Waals surface area contributed by atoms with Crippen LogP contribution in [0.15, 0.2) is 30.3 Å². The molecule has 0 saturated heterocycles. The van der Waals surface area contributed by atoms with Crippen LogP contribution < -0.4 is 10.6 Å². The molecule has 4 aromatic rings. The van der Waals surface area contributed by atoms with Crippen LogP contribution in [0.1, 0.15) is 80.5 Å². The predicted octanol–water partition coefficient (Wildman–Crippen LogP) is 4.99. The SMILES string of the molecule is CN[C@H](COC)CN1CCc2cc3c(cc2C1=O)nc(-c1cc2ccc4nc2n1CCCCCCC(C)(C)C(=O)N[C@@H]4C)n3C. The van der Waals surface area contributed by atoms with E-state index in [9.17, 15) is 9.59 Å². The summed E-state index contributed by atoms with van der Waals surface area (Å²) >= 11 is 0. The number of carbonyl (C=O) groups excluding carboxylic acids is 2. The maximum absolute atomic E-state index is 13.6. The van der Waals surface area contributed by atoms with Gasteiger partial charge in [-0.3, -0.25) is 9.59 Å². The number of amides is 2. The number of benzene rings is 1. The van der Waals surface area contributed by atoms with Crippen LogP contribution in [0.5, 0.6) is 0 Å². The van der Waals surface area contributed by atoms with Crippen molar-refractivity contribution in [1.29, 1.82) is 0 Å². The fourth-order valence-electron chi connectivity index (χ4n) is 6.88. The van der Waals surface area contributed by atoms with Crippen LogP contribution in [0, 0.1) is 5.41 Å². The van der Waals surface area contributed by atoms with Gasteiger partial charge in [-0.1, -0.05) is 33.1 Å². The van der Waals surface area contributed by atoms with Crippen molar-refractivity contribution in [3.05, 3.63) is 47.2 Å². The first-order valence-corrected chi connectivity index (χ1v) is 16.4. The molecule has 10 nitrogen and oxygen atoms in total. The largest absolute Gasteiger partial charge is 0.383 e. The number of carbonyl (C=O) groups is 2. The normalized spacial score (nSPS) is 20.0. The van der Waals surface area contributed by atoms with E-state index in [1.165, 1.54) is 0 Å². The molecule has 0 radical (unpaired) electrons. The van der Waals surface area contributed by atoms with Crippen LogP contribution >= 0.6 is 0 Å². The minimum atomic E-state index is -0.405. The highest BCUT2D eigenvalue weighted by Gasteiger charge is 2.30. The highest BCUT2D eigenvalue weighted by molar-refractivity contribution is 6.00. The highest BCUT2D eigenvalue weighted by Crippen LogP contribution is 2.33. The average molecular weight is 614 g/mol. The summed E-state index contributed by atoms with van der Waals surface area (Å²) in [6.07, 6.45) is 5.89. The summed E-state index contributed by atoms with van der Waals surface area (Å²) in [6, 6.07) is 10.3. The Morgan fingerprint density at radius 1 is 1.09 bits per heavy atom. The van der Waals surface area contributed by atoms with Gasteiger partial charge in [0.05, 0.1) is 35.1 Å². The van der Waals surface area contributed by atoms with Crippen LogP contribution in [-0.2, 0) is 29.5 Å². The second-order valence-electron chi connectivity index (χ2n) is 13.5. The average Bonchev–Trinajstić information content (AvgIpc) is 3.54. The molecule has 6 rings (SSSR count). The van der Waals surface area contributed by atoms with Gasteiger partial charge in [-0.05, 0) is 69.1 Å². The van der Waals surface area contributed by atoms with Gasteiger partial charge in [0.1, 0.15) is 5.65 Å². The Labute approximate surface area is 265 Å². The molecule has 5 heterocycles. The number of fused-ring (bicyclic) bond motifs is 3. The standard InChI is InChI=1S/C35H47N7O3/c1-22-27-12-11-24-18-30(42(31(24)38-27)15-10-8-7-9-14-35(2,3)34(44)37-22)32-39-28-19-26-23(17-29(28)40(32)5)13-16-41(33(26)43)20-25(36-4)21-45-6/h11-12,17-19,22,25,36H,7-10,13-16,20-21H2,1-6H3,(H,37,44)/t22-,25+/m1/s1. The lowest BCUT2D eigenvalue weighted by atomic mass is 9.85. The Hall–Kier alpha value is -3.76. The number of pyridine rings is 1. The van der Waals surface area contributed by atoms with Crippen LogP contribution in [0.25, 0.3) is 33.6 Å². The van der Waals surface area contributed by atoms with Crippen molar-refractivity contribution in [2.24, 2.45) is 12.5 Å². The molecule has 2 amide bonds. The summed E-state index contributed by atoms with van der Waals surface area (Å²) in [7, 11) is 5.64. The first-order chi connectivity index (χ1) is 21.6. The number of aromatic nitrogens is 4. The molecule has 2 bridgehead atoms. The monoisotopic (exact) mass is 613 g/mol. The Balaban J connectivity index is 1.38. The van der Waals surface area contributed by atoms with Crippen molar-refractivity contribution >= 4 is 33.9 Å². The van der Waals surface area contributed by atoms with Gasteiger partial charge in [0.25, 0.3) is 5.91 Å². The summed E-state index contributed by atoms with van der Waals surface area (Å²) < 4.78 is 9.78. The molecule has 0 spiro atoms. The molecule has 2 atom stereocenters. The molecule has 0 aliphatic carbocycles. The summed E-state index contributed by atoms with van der Waals surface area (Å²) in [4.78, 5) is 38.9. The van der Waals surface area contributed by atoms with Gasteiger partial charge in [-0.25, -0.2) is 9.97 Å². The number of aryl methyl sites for hydroxylation is 2. The van der Waals surface area contributed by atoms with Gasteiger partial charge in [0, 0.05) is 56.2 Å². The number of hydrogen-bond acceptors (Lipinski definition) is 6. The Morgan fingerprint density at radius 3 is 2.67 bits per heavy atom. The number of methoxy groups -OCH3 is 1. The number of ether oxygens (including phenoxy) is 1. The predicted molar refractivity (Wildman–Crippen MR) is 177 cm³/mol. The molecule has 0 unspecified atom stereocenters. The van der Waals surface area contributed by atoms with Crippen molar-refractivity contribution in [3.63, 3.8) is 0 Å². The zero-order valence-electron chi connectivity index (χ0n) is 27.6. The highest BCUT2D eigenvalue weighted by atomic mass is 16.5. The van der Waals surface area contributed by atoms with Crippen LogP contribution in [0.2, 0.25) is 0 Å². The molecule has 240 valence electrons. The van der Waals surface area contributed by atoms with E-state index >= 15 is 0 Å². The first kappa shape index (κ1) is 31.2. The molecule has 0 fully saturated rings. The maximum atomic E-state index is 13.6. The Bertz CT molecular complexity index is 1740. The number of hydrogen-bond donors (Lipinski definition) is 2. The fraction of sp³-hybridized carbons (Fsp3) is 0.543. The molecule has 2 aliphatic heterocycles. The van der Waals surface area contributed by atoms with E-state index in [2.05, 4.69) is 45.0 Å². The van der Waals surface area contributed by atoms with Crippen molar-refractivity contribution in [2.45, 2.75) is 77.9 Å². The second kappa shape index (κ2) is 12.6. The smallest absolute Gasteiger partial charge is 0.254 e. The zero-order chi connectivity index (χ0) is 31.9. The number of nitrogens with zero attached hydrogens (tertiary/aromatic N) is 5. The fourth-order valence-corrected chi connectivity index (χ4v) is 6.88. The molecule has 3 aromatic heterocycles. The molecule has 0 saturated carbocycles. The minimum absolute atomic E-state index is 0.0466. The van der Waals surface area contributed by atoms with E-state index in [1.807, 2.05) is 44.9 Å². The molecule has 1 aromatic carbocycles. The number of imidazole rings is 1. The lowest BCUT2D eigenvalue weighted by Gasteiger charge is -2.31. The summed E-state index contributed by atoms with van der Waals surface area (Å²) in [5.41, 5.74) is 6.00. The van der Waals surface area contributed by atoms with Crippen molar-refractivity contribution in [3.8, 4) is 11.5 Å². The van der Waals surface area contributed by atoms with Crippen molar-refractivity contribution in [2.75, 3.05) is 33.9 Å². The molecule has 45 heavy (non-hydrogen) atoms. The molecular formula is C35H47N7O3. The second-order valence-corrected chi connectivity index (χ2v) is 13.5. The summed E-state index contributed by atoms with van der Waals surface area (Å²) in [6.45, 7) is 8.75. The number of nitrogens with one attached hydrogen (secondary N) is 2. The number of likely N-dealkylation sites (N-methyl/N-ethyl adjacent to an activating group) is 1. The third-order valence-electron chi connectivity index (χ3n) is 9.83. The van der Waals surface area contributed by atoms with Crippen LogP contribution in [0.4, 0.5) is 0 Å². The van der Waals surface area contributed by atoms with Gasteiger partial charge < -0.3 is 29.4 Å². The van der Waals surface area contributed by atoms with E-state index in [4.69, 9.17) is 14.7 Å². The zero-order valence-corrected chi connectivity index (χ0v) is 27.6. The van der Waals surface area contributed by atoms with Crippen molar-refractivity contribution < 1.29 is 14.3 Å². The van der Waals surface area contributed by atoms with Crippen molar-refractivity contribution in [1.82, 2.24) is 34.6 Å². The number of rotatable bonds is 6. The summed E-state index contributed by atoms with van der Waals surface area (Å²) in [5.74, 6) is 0.979. The molecule has 2 N–H and O–H groups in total. The van der Waals surface area contributed by atoms with E-state index < -0.39 is 5.41 Å². The third kappa shape index (κ3) is 5.97. The van der Waals surface area contributed by atoms with E-state index in [0.29, 0.717) is 19.7 Å². The molecule has 2 aliphatic rings. The summed E-state index contributed by atoms with van der Waals surface area (Å²) in [5, 5.41) is 7.52. The molecular weight excluding hydrogens is 566 g/mol. The Morgan fingerprint density at radius 2 is 1.89 bits per heavy atom. The molecule has 10 heteroatoms.